The van der Waals surface area contributed by atoms with Crippen LogP contribution in [0.5, 0.6) is 0 Å². The van der Waals surface area contributed by atoms with E-state index in [2.05, 4.69) is 32.9 Å². The van der Waals surface area contributed by atoms with Gasteiger partial charge in [-0.3, -0.25) is 9.59 Å². The smallest absolute Gasteiger partial charge is 0.306 e. The predicted molar refractivity (Wildman–Crippen MR) is 242 cm³/mol. The van der Waals surface area contributed by atoms with Gasteiger partial charge in [0.05, 0.1) is 6.61 Å². The molecule has 0 aromatic carbocycles. The minimum atomic E-state index is -0.528. The summed E-state index contributed by atoms with van der Waals surface area (Å²) in [7, 11) is 0. The SMILES string of the molecule is CCCCCC/C=C\CCCCCCCC(=O)OCC(COCCCCCCCCCCCCCCCC)OC(=O)CCCCCCCCCCCCCCC. The normalized spacial score (nSPS) is 12.1. The van der Waals surface area contributed by atoms with E-state index in [9.17, 15) is 9.59 Å². The van der Waals surface area contributed by atoms with E-state index in [0.717, 1.165) is 44.9 Å². The molecule has 0 N–H and O–H groups in total. The minimum Gasteiger partial charge on any atom is -0.462 e. The molecule has 0 rings (SSSR count). The highest BCUT2D eigenvalue weighted by molar-refractivity contribution is 5.70. The lowest BCUT2D eigenvalue weighted by Gasteiger charge is -2.18. The average molecular weight is 791 g/mol. The molecule has 0 aliphatic heterocycles. The molecule has 0 bridgehead atoms. The first-order valence-corrected chi connectivity index (χ1v) is 25.2. The van der Waals surface area contributed by atoms with Gasteiger partial charge in [0.1, 0.15) is 6.61 Å². The Labute approximate surface area is 350 Å². The fraction of sp³-hybridized carbons (Fsp3) is 0.922. The molecule has 332 valence electrons. The van der Waals surface area contributed by atoms with Crippen LogP contribution in [0, 0.1) is 0 Å². The maximum Gasteiger partial charge on any atom is 0.306 e. The summed E-state index contributed by atoms with van der Waals surface area (Å²) in [4.78, 5) is 25.3. The lowest BCUT2D eigenvalue weighted by molar-refractivity contribution is -0.163. The zero-order valence-electron chi connectivity index (χ0n) is 38.2. The number of hydrogen-bond donors (Lipinski definition) is 0. The van der Waals surface area contributed by atoms with Crippen molar-refractivity contribution in [2.45, 2.75) is 284 Å². The van der Waals surface area contributed by atoms with Crippen LogP contribution in [0.4, 0.5) is 0 Å². The summed E-state index contributed by atoms with van der Waals surface area (Å²) in [5.74, 6) is -0.388. The number of carbonyl (C=O) groups excluding carboxylic acids is 2. The predicted octanol–water partition coefficient (Wildman–Crippen LogP) is 16.7. The molecule has 1 atom stereocenters. The molecule has 0 radical (unpaired) electrons. The quantitative estimate of drug-likeness (QED) is 0.0349. The van der Waals surface area contributed by atoms with E-state index < -0.39 is 6.10 Å². The Hall–Kier alpha value is -1.36. The summed E-state index contributed by atoms with van der Waals surface area (Å²) in [5.41, 5.74) is 0. The second-order valence-corrected chi connectivity index (χ2v) is 17.1. The first kappa shape index (κ1) is 54.6. The molecule has 0 saturated heterocycles. The maximum absolute atomic E-state index is 12.8. The zero-order valence-corrected chi connectivity index (χ0v) is 38.2. The summed E-state index contributed by atoms with van der Waals surface area (Å²) in [6.45, 7) is 7.86. The monoisotopic (exact) mass is 791 g/mol. The van der Waals surface area contributed by atoms with Gasteiger partial charge in [-0.05, 0) is 44.9 Å². The molecule has 0 aliphatic rings. The highest BCUT2D eigenvalue weighted by atomic mass is 16.6. The van der Waals surface area contributed by atoms with Crippen LogP contribution >= 0.6 is 0 Å². The van der Waals surface area contributed by atoms with Gasteiger partial charge >= 0.3 is 11.9 Å². The molecule has 5 heteroatoms. The van der Waals surface area contributed by atoms with Crippen LogP contribution < -0.4 is 0 Å². The summed E-state index contributed by atoms with van der Waals surface area (Å²) in [6.07, 6.45) is 53.5. The summed E-state index contributed by atoms with van der Waals surface area (Å²) in [5, 5.41) is 0. The van der Waals surface area contributed by atoms with Gasteiger partial charge in [-0.1, -0.05) is 232 Å². The maximum atomic E-state index is 12.8. The van der Waals surface area contributed by atoms with E-state index in [1.807, 2.05) is 0 Å². The third-order valence-corrected chi connectivity index (χ3v) is 11.3. The number of ether oxygens (including phenoxy) is 3. The number of rotatable bonds is 47. The number of allylic oxidation sites excluding steroid dienone is 2. The molecule has 56 heavy (non-hydrogen) atoms. The van der Waals surface area contributed by atoms with Crippen molar-refractivity contribution in [2.75, 3.05) is 19.8 Å². The van der Waals surface area contributed by atoms with Gasteiger partial charge in [-0.2, -0.15) is 0 Å². The summed E-state index contributed by atoms with van der Waals surface area (Å²) in [6, 6.07) is 0. The average Bonchev–Trinajstić information content (AvgIpc) is 3.20. The van der Waals surface area contributed by atoms with Crippen LogP contribution in [-0.4, -0.2) is 37.9 Å². The molecule has 0 heterocycles. The highest BCUT2D eigenvalue weighted by Gasteiger charge is 2.17. The fourth-order valence-corrected chi connectivity index (χ4v) is 7.51. The molecule has 0 spiro atoms. The van der Waals surface area contributed by atoms with Crippen LogP contribution in [0.1, 0.15) is 278 Å². The molecule has 0 aromatic heterocycles. The summed E-state index contributed by atoms with van der Waals surface area (Å²) >= 11 is 0. The Bertz CT molecular complexity index is 810. The van der Waals surface area contributed by atoms with E-state index >= 15 is 0 Å². The van der Waals surface area contributed by atoms with Crippen LogP contribution in [0.2, 0.25) is 0 Å². The van der Waals surface area contributed by atoms with Crippen molar-refractivity contribution in [3.63, 3.8) is 0 Å². The Morgan fingerprint density at radius 1 is 0.375 bits per heavy atom. The van der Waals surface area contributed by atoms with E-state index in [-0.39, 0.29) is 18.5 Å². The largest absolute Gasteiger partial charge is 0.462 e. The fourth-order valence-electron chi connectivity index (χ4n) is 7.51. The van der Waals surface area contributed by atoms with Crippen molar-refractivity contribution in [3.8, 4) is 0 Å². The van der Waals surface area contributed by atoms with Crippen LogP contribution in [0.15, 0.2) is 12.2 Å². The Kier molecular flexibility index (Phi) is 46.8. The molecule has 0 fully saturated rings. The van der Waals surface area contributed by atoms with Gasteiger partial charge in [0.25, 0.3) is 0 Å². The Balaban J connectivity index is 4.22. The van der Waals surface area contributed by atoms with Crippen LogP contribution in [0.25, 0.3) is 0 Å². The molecule has 0 aromatic rings. The Morgan fingerprint density at radius 2 is 0.696 bits per heavy atom. The van der Waals surface area contributed by atoms with Crippen molar-refractivity contribution >= 4 is 11.9 Å². The third-order valence-electron chi connectivity index (χ3n) is 11.3. The third kappa shape index (κ3) is 45.3. The van der Waals surface area contributed by atoms with E-state index in [0.29, 0.717) is 26.1 Å². The van der Waals surface area contributed by atoms with Crippen LogP contribution in [0.3, 0.4) is 0 Å². The van der Waals surface area contributed by atoms with Crippen molar-refractivity contribution in [1.29, 1.82) is 0 Å². The number of unbranched alkanes of at least 4 members (excludes halogenated alkanes) is 34. The number of hydrogen-bond acceptors (Lipinski definition) is 5. The van der Waals surface area contributed by atoms with Gasteiger partial charge in [0.15, 0.2) is 6.10 Å². The first-order valence-electron chi connectivity index (χ1n) is 25.2. The molecule has 0 amide bonds. The second-order valence-electron chi connectivity index (χ2n) is 17.1. The van der Waals surface area contributed by atoms with Gasteiger partial charge in [0.2, 0.25) is 0 Å². The van der Waals surface area contributed by atoms with Crippen molar-refractivity contribution < 1.29 is 23.8 Å². The standard InChI is InChI=1S/C51H98O5/c1-4-7-10-13-16-19-22-25-28-31-34-37-40-43-46-54-47-49(56-51(53)45-42-39-36-33-30-27-24-21-18-15-12-9-6-3)48-55-50(52)44-41-38-35-32-29-26-23-20-17-14-11-8-5-2/h20,23,49H,4-19,21-22,24-48H2,1-3H3/b23-20-. The van der Waals surface area contributed by atoms with Crippen molar-refractivity contribution in [3.05, 3.63) is 12.2 Å². The lowest BCUT2D eigenvalue weighted by Crippen LogP contribution is -2.30. The molecular weight excluding hydrogens is 693 g/mol. The van der Waals surface area contributed by atoms with Crippen LogP contribution in [-0.2, 0) is 23.8 Å². The zero-order chi connectivity index (χ0) is 40.7. The Morgan fingerprint density at radius 3 is 1.11 bits per heavy atom. The number of carbonyl (C=O) groups is 2. The van der Waals surface area contributed by atoms with Crippen molar-refractivity contribution in [1.82, 2.24) is 0 Å². The molecule has 1 unspecified atom stereocenters. The van der Waals surface area contributed by atoms with E-state index in [1.54, 1.807) is 0 Å². The van der Waals surface area contributed by atoms with Crippen molar-refractivity contribution in [2.24, 2.45) is 0 Å². The molecule has 0 saturated carbocycles. The molecular formula is C51H98O5. The second kappa shape index (κ2) is 48.0. The van der Waals surface area contributed by atoms with E-state index in [1.165, 1.54) is 199 Å². The molecule has 0 aliphatic carbocycles. The lowest BCUT2D eigenvalue weighted by atomic mass is 10.0. The molecule has 5 nitrogen and oxygen atoms in total. The van der Waals surface area contributed by atoms with Gasteiger partial charge in [-0.15, -0.1) is 0 Å². The minimum absolute atomic E-state index is 0.0900. The highest BCUT2D eigenvalue weighted by Crippen LogP contribution is 2.16. The van der Waals surface area contributed by atoms with Gasteiger partial charge in [0, 0.05) is 19.4 Å². The van der Waals surface area contributed by atoms with Gasteiger partial charge in [-0.25, -0.2) is 0 Å². The van der Waals surface area contributed by atoms with E-state index in [4.69, 9.17) is 14.2 Å². The summed E-state index contributed by atoms with van der Waals surface area (Å²) < 4.78 is 17.4. The first-order chi connectivity index (χ1) is 27.6. The van der Waals surface area contributed by atoms with Gasteiger partial charge < -0.3 is 14.2 Å². The number of esters is 2. The topological polar surface area (TPSA) is 61.8 Å².